The number of carbonyl (C=O) groups excluding carboxylic acids is 1. The van der Waals surface area contributed by atoms with Crippen LogP contribution in [0.1, 0.15) is 18.4 Å². The van der Waals surface area contributed by atoms with Crippen LogP contribution < -0.4 is 14.2 Å². The van der Waals surface area contributed by atoms with Crippen LogP contribution in [0.3, 0.4) is 0 Å². The molecule has 0 aliphatic heterocycles. The summed E-state index contributed by atoms with van der Waals surface area (Å²) in [6, 6.07) is 9.00. The first kappa shape index (κ1) is 20.9. The molecule has 0 bridgehead atoms. The Kier molecular flexibility index (Phi) is 5.21. The highest BCUT2D eigenvalue weighted by Gasteiger charge is 2.54. The number of sulfonamides is 1. The average molecular weight is 449 g/mol. The highest BCUT2D eigenvalue weighted by molar-refractivity contribution is 7.90. The van der Waals surface area contributed by atoms with Gasteiger partial charge in [-0.1, -0.05) is 6.07 Å². The van der Waals surface area contributed by atoms with Gasteiger partial charge in [0.25, 0.3) is 10.0 Å². The molecule has 0 unspecified atom stereocenters. The van der Waals surface area contributed by atoms with Crippen molar-refractivity contribution in [2.45, 2.75) is 29.8 Å². The van der Waals surface area contributed by atoms with E-state index in [9.17, 15) is 22.0 Å². The summed E-state index contributed by atoms with van der Waals surface area (Å²) < 4.78 is 63.3. The molecule has 0 saturated heterocycles. The number of halogens is 2. The first-order valence-electron chi connectivity index (χ1n) is 9.17. The number of nitrogens with one attached hydrogen (secondary N) is 1. The number of aromatic nitrogens is 2. The lowest BCUT2D eigenvalue weighted by molar-refractivity contribution is -0.122. The maximum absolute atomic E-state index is 13.1. The third-order valence-electron chi connectivity index (χ3n) is 5.09. The van der Waals surface area contributed by atoms with Crippen molar-refractivity contribution in [1.82, 2.24) is 14.7 Å². The summed E-state index contributed by atoms with van der Waals surface area (Å²) in [4.78, 5) is 20.9. The first-order chi connectivity index (χ1) is 14.8. The number of hydrogen-bond donors (Lipinski definition) is 1. The number of amides is 1. The van der Waals surface area contributed by atoms with Crippen LogP contribution in [0, 0.1) is 0 Å². The van der Waals surface area contributed by atoms with Gasteiger partial charge in [-0.05, 0) is 37.1 Å². The number of alkyl halides is 2. The van der Waals surface area contributed by atoms with Crippen molar-refractivity contribution in [3.63, 3.8) is 0 Å². The van der Waals surface area contributed by atoms with Crippen molar-refractivity contribution in [2.24, 2.45) is 0 Å². The minimum absolute atomic E-state index is 0.0821. The highest BCUT2D eigenvalue weighted by Crippen LogP contribution is 2.52. The average Bonchev–Trinajstić information content (AvgIpc) is 3.55. The molecule has 1 aliphatic carbocycles. The number of benzene rings is 1. The zero-order valence-corrected chi connectivity index (χ0v) is 17.0. The lowest BCUT2D eigenvalue weighted by Crippen LogP contribution is -2.39. The van der Waals surface area contributed by atoms with Gasteiger partial charge in [-0.15, -0.1) is 0 Å². The standard InChI is InChI=1S/C20H17F2N3O5S/c1-29-17-10-13(15(11-24-17)30-19(21)22)20(7-8-20)18(26)25-31(27,28)16-6-2-5-14-12(16)4-3-9-23-14/h2-6,9-11,19H,7-8H2,1H3,(H,25,26). The molecule has 1 aromatic carbocycles. The zero-order valence-electron chi connectivity index (χ0n) is 16.2. The Morgan fingerprint density at radius 3 is 2.65 bits per heavy atom. The van der Waals surface area contributed by atoms with Gasteiger partial charge in [0, 0.05) is 23.2 Å². The minimum atomic E-state index is -4.26. The molecule has 0 radical (unpaired) electrons. The Labute approximate surface area is 176 Å². The Hall–Kier alpha value is -3.34. The van der Waals surface area contributed by atoms with E-state index in [1.54, 1.807) is 18.2 Å². The van der Waals surface area contributed by atoms with E-state index >= 15 is 0 Å². The molecule has 1 N–H and O–H groups in total. The summed E-state index contributed by atoms with van der Waals surface area (Å²) in [5, 5.41) is 0.349. The Bertz CT molecular complexity index is 1260. The van der Waals surface area contributed by atoms with Gasteiger partial charge in [0.15, 0.2) is 0 Å². The molecule has 11 heteroatoms. The normalized spacial score (nSPS) is 15.0. The van der Waals surface area contributed by atoms with E-state index < -0.39 is 28.0 Å². The van der Waals surface area contributed by atoms with E-state index in [1.807, 2.05) is 0 Å². The zero-order chi connectivity index (χ0) is 22.2. The van der Waals surface area contributed by atoms with Gasteiger partial charge in [-0.2, -0.15) is 8.78 Å². The second-order valence-corrected chi connectivity index (χ2v) is 8.60. The van der Waals surface area contributed by atoms with Gasteiger partial charge in [-0.25, -0.2) is 18.1 Å². The maximum atomic E-state index is 13.1. The molecule has 162 valence electrons. The highest BCUT2D eigenvalue weighted by atomic mass is 32.2. The van der Waals surface area contributed by atoms with E-state index in [1.165, 1.54) is 31.5 Å². The summed E-state index contributed by atoms with van der Waals surface area (Å²) >= 11 is 0. The van der Waals surface area contributed by atoms with Crippen LogP contribution in [-0.2, 0) is 20.2 Å². The molecule has 0 atom stereocenters. The second kappa shape index (κ2) is 7.73. The van der Waals surface area contributed by atoms with Crippen molar-refractivity contribution in [3.05, 3.63) is 54.4 Å². The number of methoxy groups -OCH3 is 1. The van der Waals surface area contributed by atoms with Gasteiger partial charge >= 0.3 is 6.61 Å². The molecule has 31 heavy (non-hydrogen) atoms. The number of pyridine rings is 2. The molecular formula is C20H17F2N3O5S. The van der Waals surface area contributed by atoms with Gasteiger partial charge < -0.3 is 9.47 Å². The summed E-state index contributed by atoms with van der Waals surface area (Å²) in [6.45, 7) is -3.14. The Balaban J connectivity index is 1.70. The molecule has 1 fully saturated rings. The lowest BCUT2D eigenvalue weighted by atomic mass is 9.95. The van der Waals surface area contributed by atoms with Crippen LogP contribution in [0.25, 0.3) is 10.9 Å². The molecule has 4 rings (SSSR count). The lowest BCUT2D eigenvalue weighted by Gasteiger charge is -2.20. The summed E-state index contributed by atoms with van der Waals surface area (Å²) in [7, 11) is -2.93. The third kappa shape index (κ3) is 3.88. The predicted octanol–water partition coefficient (Wildman–Crippen LogP) is 2.78. The van der Waals surface area contributed by atoms with Crippen LogP contribution in [0.4, 0.5) is 8.78 Å². The molecule has 8 nitrogen and oxygen atoms in total. The quantitative estimate of drug-likeness (QED) is 0.591. The van der Waals surface area contributed by atoms with Crippen molar-refractivity contribution in [2.75, 3.05) is 7.11 Å². The molecule has 0 spiro atoms. The van der Waals surface area contributed by atoms with E-state index in [2.05, 4.69) is 19.4 Å². The molecule has 1 saturated carbocycles. The van der Waals surface area contributed by atoms with Crippen LogP contribution >= 0.6 is 0 Å². The monoisotopic (exact) mass is 449 g/mol. The molecule has 2 heterocycles. The number of ether oxygens (including phenoxy) is 2. The number of carbonyl (C=O) groups is 1. The van der Waals surface area contributed by atoms with Crippen molar-refractivity contribution < 1.29 is 31.5 Å². The van der Waals surface area contributed by atoms with E-state index in [4.69, 9.17) is 4.74 Å². The number of fused-ring (bicyclic) bond motifs is 1. The topological polar surface area (TPSA) is 107 Å². The van der Waals surface area contributed by atoms with Crippen LogP contribution in [0.15, 0.2) is 53.7 Å². The van der Waals surface area contributed by atoms with Gasteiger partial charge in [-0.3, -0.25) is 9.78 Å². The second-order valence-electron chi connectivity index (χ2n) is 6.94. The van der Waals surface area contributed by atoms with Crippen molar-refractivity contribution >= 4 is 26.8 Å². The fourth-order valence-corrected chi connectivity index (χ4v) is 4.70. The van der Waals surface area contributed by atoms with Crippen molar-refractivity contribution in [1.29, 1.82) is 0 Å². The first-order valence-corrected chi connectivity index (χ1v) is 10.7. The fourth-order valence-electron chi connectivity index (χ4n) is 3.43. The van der Waals surface area contributed by atoms with Crippen molar-refractivity contribution in [3.8, 4) is 11.6 Å². The summed E-state index contributed by atoms with van der Waals surface area (Å²) in [5.74, 6) is -1.07. The Morgan fingerprint density at radius 1 is 1.19 bits per heavy atom. The molecular weight excluding hydrogens is 432 g/mol. The smallest absolute Gasteiger partial charge is 0.387 e. The molecule has 1 aliphatic rings. The summed E-state index contributed by atoms with van der Waals surface area (Å²) in [5.41, 5.74) is -0.812. The van der Waals surface area contributed by atoms with Gasteiger partial charge in [0.1, 0.15) is 5.75 Å². The van der Waals surface area contributed by atoms with Crippen LogP contribution in [-0.4, -0.2) is 38.0 Å². The maximum Gasteiger partial charge on any atom is 0.387 e. The van der Waals surface area contributed by atoms with Crippen LogP contribution in [0.5, 0.6) is 11.6 Å². The van der Waals surface area contributed by atoms with Crippen LogP contribution in [0.2, 0.25) is 0 Å². The minimum Gasteiger partial charge on any atom is -0.481 e. The third-order valence-corrected chi connectivity index (χ3v) is 6.48. The van der Waals surface area contributed by atoms with Gasteiger partial charge in [0.2, 0.25) is 11.8 Å². The molecule has 2 aromatic heterocycles. The largest absolute Gasteiger partial charge is 0.481 e. The van der Waals surface area contributed by atoms with E-state index in [0.717, 1.165) is 6.20 Å². The Morgan fingerprint density at radius 2 is 1.97 bits per heavy atom. The predicted molar refractivity (Wildman–Crippen MR) is 105 cm³/mol. The van der Waals surface area contributed by atoms with E-state index in [-0.39, 0.29) is 34.9 Å². The molecule has 3 aromatic rings. The number of rotatable bonds is 7. The number of nitrogens with zero attached hydrogens (tertiary/aromatic N) is 2. The van der Waals surface area contributed by atoms with Gasteiger partial charge in [0.05, 0.1) is 29.1 Å². The molecule has 1 amide bonds. The summed E-state index contributed by atoms with van der Waals surface area (Å²) in [6.07, 6.45) is 3.05. The SMILES string of the molecule is COc1cc(C2(C(=O)NS(=O)(=O)c3cccc4ncccc34)CC2)c(OC(F)F)cn1. The number of hydrogen-bond acceptors (Lipinski definition) is 7. The fraction of sp³-hybridized carbons (Fsp3) is 0.250. The van der Waals surface area contributed by atoms with E-state index in [0.29, 0.717) is 10.9 Å².